The van der Waals surface area contributed by atoms with Crippen LogP contribution in [-0.2, 0) is 0 Å². The molecule has 0 unspecified atom stereocenters. The molecule has 0 saturated heterocycles. The van der Waals surface area contributed by atoms with Crippen molar-refractivity contribution in [1.82, 2.24) is 0 Å². The smallest absolute Gasteiger partial charge is 0.872 e. The Bertz CT molecular complexity index is 792. The minimum atomic E-state index is -1.35. The summed E-state index contributed by atoms with van der Waals surface area (Å²) in [5.41, 5.74) is 0.130. The van der Waals surface area contributed by atoms with Gasteiger partial charge in [0.25, 0.3) is 5.69 Å². The van der Waals surface area contributed by atoms with Crippen LogP contribution in [0.15, 0.2) is 46.6 Å². The fraction of sp³-hybridized carbons (Fsp3) is 0.0714. The molecule has 0 aliphatic carbocycles. The molecule has 0 radical (unpaired) electrons. The number of hydrogen-bond acceptors (Lipinski definition) is 6. The van der Waals surface area contributed by atoms with Crippen molar-refractivity contribution in [2.45, 2.75) is 6.92 Å². The van der Waals surface area contributed by atoms with E-state index < -0.39 is 22.2 Å². The van der Waals surface area contributed by atoms with Crippen molar-refractivity contribution in [2.75, 3.05) is 0 Å². The van der Waals surface area contributed by atoms with Crippen molar-refractivity contribution in [2.24, 2.45) is 10.2 Å². The Morgan fingerprint density at radius 3 is 2.43 bits per heavy atom. The third-order valence-corrected chi connectivity index (χ3v) is 2.81. The largest absolute Gasteiger partial charge is 1.00 e. The Hall–Kier alpha value is -2.29. The fourth-order valence-electron chi connectivity index (χ4n) is 1.76. The first-order valence-electron chi connectivity index (χ1n) is 6.09. The van der Waals surface area contributed by atoms with E-state index in [2.05, 4.69) is 10.2 Å². The molecule has 0 heterocycles. The molecule has 1 N–H and O–H groups in total. The van der Waals surface area contributed by atoms with Crippen molar-refractivity contribution in [1.29, 1.82) is 0 Å². The zero-order valence-corrected chi connectivity index (χ0v) is 14.4. The molecule has 2 aromatic carbocycles. The normalized spacial score (nSPS) is 10.3. The molecule has 9 heteroatoms. The molecule has 0 fully saturated rings. The molecular formula is C14H10N3NaO5. The first-order chi connectivity index (χ1) is 10.4. The molecule has 2 rings (SSSR count). The van der Waals surface area contributed by atoms with Crippen molar-refractivity contribution >= 4 is 23.0 Å². The number of carboxylic acid groups (broad SMARTS) is 1. The van der Waals surface area contributed by atoms with Crippen LogP contribution in [0.5, 0.6) is 5.75 Å². The average molecular weight is 323 g/mol. The number of azo groups is 1. The van der Waals surface area contributed by atoms with Crippen LogP contribution in [0.3, 0.4) is 0 Å². The Kier molecular flexibility index (Phi) is 6.38. The van der Waals surface area contributed by atoms with E-state index in [0.29, 0.717) is 0 Å². The van der Waals surface area contributed by atoms with Crippen LogP contribution in [0.25, 0.3) is 0 Å². The second kappa shape index (κ2) is 7.82. The second-order valence-corrected chi connectivity index (χ2v) is 4.42. The van der Waals surface area contributed by atoms with E-state index in [1.165, 1.54) is 37.3 Å². The van der Waals surface area contributed by atoms with Crippen LogP contribution in [-0.4, -0.2) is 16.0 Å². The molecular weight excluding hydrogens is 313 g/mol. The van der Waals surface area contributed by atoms with E-state index in [0.717, 1.165) is 6.07 Å². The summed E-state index contributed by atoms with van der Waals surface area (Å²) >= 11 is 0. The summed E-state index contributed by atoms with van der Waals surface area (Å²) in [5.74, 6) is -1.93. The van der Waals surface area contributed by atoms with Gasteiger partial charge in [-0.25, -0.2) is 4.79 Å². The molecule has 0 atom stereocenters. The number of benzene rings is 2. The van der Waals surface area contributed by atoms with Crippen LogP contribution in [0.2, 0.25) is 0 Å². The monoisotopic (exact) mass is 323 g/mol. The van der Waals surface area contributed by atoms with Crippen LogP contribution >= 0.6 is 0 Å². The van der Waals surface area contributed by atoms with Crippen LogP contribution < -0.4 is 34.7 Å². The summed E-state index contributed by atoms with van der Waals surface area (Å²) in [6.45, 7) is 1.47. The average Bonchev–Trinajstić information content (AvgIpc) is 2.48. The predicted molar refractivity (Wildman–Crippen MR) is 74.9 cm³/mol. The fourth-order valence-corrected chi connectivity index (χ4v) is 1.76. The summed E-state index contributed by atoms with van der Waals surface area (Å²) in [6, 6.07) is 8.03. The van der Waals surface area contributed by atoms with Gasteiger partial charge in [-0.3, -0.25) is 10.1 Å². The number of rotatable bonds is 4. The Labute approximate surface area is 152 Å². The number of non-ortho nitro benzene ring substituents is 1. The zero-order valence-electron chi connectivity index (χ0n) is 12.4. The van der Waals surface area contributed by atoms with Crippen LogP contribution in [0, 0.1) is 17.0 Å². The second-order valence-electron chi connectivity index (χ2n) is 4.42. The van der Waals surface area contributed by atoms with Gasteiger partial charge in [-0.1, -0.05) is 17.4 Å². The number of aromatic carboxylic acids is 1. The van der Waals surface area contributed by atoms with Gasteiger partial charge in [-0.15, -0.1) is 0 Å². The summed E-state index contributed by atoms with van der Waals surface area (Å²) in [5, 5.41) is 38.9. The third-order valence-electron chi connectivity index (χ3n) is 2.81. The quantitative estimate of drug-likeness (QED) is 0.369. The maximum Gasteiger partial charge on any atom is 1.00 e. The number of nitro benzene ring substituents is 1. The minimum Gasteiger partial charge on any atom is -0.872 e. The Morgan fingerprint density at radius 1 is 1.17 bits per heavy atom. The van der Waals surface area contributed by atoms with Gasteiger partial charge in [0.1, 0.15) is 0 Å². The zero-order chi connectivity index (χ0) is 16.3. The van der Waals surface area contributed by atoms with E-state index in [-0.39, 0.29) is 52.2 Å². The van der Waals surface area contributed by atoms with Gasteiger partial charge in [0, 0.05) is 12.1 Å². The first kappa shape index (κ1) is 18.8. The molecule has 0 saturated carbocycles. The van der Waals surface area contributed by atoms with Crippen LogP contribution in [0.4, 0.5) is 17.1 Å². The van der Waals surface area contributed by atoms with E-state index in [4.69, 9.17) is 5.11 Å². The summed E-state index contributed by atoms with van der Waals surface area (Å²) in [6.07, 6.45) is 0. The summed E-state index contributed by atoms with van der Waals surface area (Å²) < 4.78 is 0. The molecule has 0 spiro atoms. The van der Waals surface area contributed by atoms with E-state index in [9.17, 15) is 20.0 Å². The standard InChI is InChI=1S/C14H11N3O5.Na/c1-8-5-10(7-12(13(8)18)14(19)20)16-15-9-3-2-4-11(6-9)17(21)22;/h2-7,18H,1H3,(H,19,20);/q;+1/p-1. The topological polar surface area (TPSA) is 128 Å². The number of nitrogens with zero attached hydrogens (tertiary/aromatic N) is 3. The van der Waals surface area contributed by atoms with E-state index >= 15 is 0 Å². The number of carbonyl (C=O) groups is 1. The Morgan fingerprint density at radius 2 is 1.83 bits per heavy atom. The summed E-state index contributed by atoms with van der Waals surface area (Å²) in [7, 11) is 0. The third kappa shape index (κ3) is 4.59. The number of nitro groups is 1. The number of carboxylic acids is 1. The van der Waals surface area contributed by atoms with Crippen molar-refractivity contribution < 1.29 is 49.5 Å². The molecule has 8 nitrogen and oxygen atoms in total. The molecule has 23 heavy (non-hydrogen) atoms. The van der Waals surface area contributed by atoms with Crippen molar-refractivity contribution in [3.05, 3.63) is 57.6 Å². The number of aryl methyl sites for hydroxylation is 1. The minimum absolute atomic E-state index is 0. The SMILES string of the molecule is Cc1cc(N=Nc2cccc([N+](=O)[O-])c2)cc(C(=O)O)c1[O-].[Na+]. The molecule has 0 aliphatic heterocycles. The molecule has 0 amide bonds. The predicted octanol–water partition coefficient (Wildman–Crippen LogP) is 0.0944. The van der Waals surface area contributed by atoms with E-state index in [1.807, 2.05) is 0 Å². The van der Waals surface area contributed by atoms with Crippen LogP contribution in [0.1, 0.15) is 15.9 Å². The first-order valence-corrected chi connectivity index (χ1v) is 6.09. The maximum absolute atomic E-state index is 11.6. The van der Waals surface area contributed by atoms with Gasteiger partial charge in [0.05, 0.1) is 21.9 Å². The van der Waals surface area contributed by atoms with Gasteiger partial charge < -0.3 is 10.2 Å². The molecule has 2 aromatic rings. The molecule has 0 aromatic heterocycles. The van der Waals surface area contributed by atoms with Gasteiger partial charge in [-0.2, -0.15) is 10.2 Å². The van der Waals surface area contributed by atoms with Crippen molar-refractivity contribution in [3.8, 4) is 5.75 Å². The van der Waals surface area contributed by atoms with Gasteiger partial charge in [0.15, 0.2) is 0 Å². The number of hydrogen-bond donors (Lipinski definition) is 1. The van der Waals surface area contributed by atoms with E-state index in [1.54, 1.807) is 0 Å². The molecule has 0 bridgehead atoms. The molecule has 0 aliphatic rings. The van der Waals surface area contributed by atoms with Gasteiger partial charge >= 0.3 is 35.5 Å². The van der Waals surface area contributed by atoms with Gasteiger partial charge in [0.2, 0.25) is 0 Å². The Balaban J connectivity index is 0.00000264. The summed E-state index contributed by atoms with van der Waals surface area (Å²) in [4.78, 5) is 21.1. The molecule has 112 valence electrons. The van der Waals surface area contributed by atoms with Gasteiger partial charge in [-0.05, 0) is 25.1 Å². The maximum atomic E-state index is 11.6. The van der Waals surface area contributed by atoms with Crippen molar-refractivity contribution in [3.63, 3.8) is 0 Å².